The van der Waals surface area contributed by atoms with E-state index in [-0.39, 0.29) is 0 Å². The van der Waals surface area contributed by atoms with E-state index < -0.39 is 0 Å². The van der Waals surface area contributed by atoms with Gasteiger partial charge in [-0.3, -0.25) is 0 Å². The number of hydrogen-bond acceptors (Lipinski definition) is 3. The van der Waals surface area contributed by atoms with E-state index in [1.165, 1.54) is 0 Å². The number of hydrogen-bond donors (Lipinski definition) is 0. The molecule has 0 bridgehead atoms. The lowest BCUT2D eigenvalue weighted by Crippen LogP contribution is -1.99. The SMILES string of the molecule is Cc1c(Cl)nc(C2CC2)nc1-c1occc1Br. The first kappa shape index (κ1) is 11.2. The van der Waals surface area contributed by atoms with Crippen LogP contribution in [-0.2, 0) is 0 Å². The maximum Gasteiger partial charge on any atom is 0.166 e. The van der Waals surface area contributed by atoms with E-state index in [9.17, 15) is 0 Å². The fourth-order valence-corrected chi connectivity index (χ4v) is 2.28. The summed E-state index contributed by atoms with van der Waals surface area (Å²) in [5, 5.41) is 0.514. The maximum atomic E-state index is 6.15. The Morgan fingerprint density at radius 3 is 2.76 bits per heavy atom. The summed E-state index contributed by atoms with van der Waals surface area (Å²) in [5.41, 5.74) is 1.63. The predicted octanol–water partition coefficient (Wildman–Crippen LogP) is 4.34. The van der Waals surface area contributed by atoms with Crippen LogP contribution in [0.25, 0.3) is 11.5 Å². The molecule has 0 N–H and O–H groups in total. The number of nitrogens with zero attached hydrogens (tertiary/aromatic N) is 2. The van der Waals surface area contributed by atoms with E-state index in [2.05, 4.69) is 25.9 Å². The average molecular weight is 314 g/mol. The first-order valence-corrected chi connectivity index (χ1v) is 6.61. The molecule has 3 rings (SSSR count). The molecule has 2 aromatic rings. The van der Waals surface area contributed by atoms with Gasteiger partial charge in [0.15, 0.2) is 5.76 Å². The van der Waals surface area contributed by atoms with Crippen molar-refractivity contribution in [2.45, 2.75) is 25.7 Å². The lowest BCUT2D eigenvalue weighted by atomic mass is 10.2. The van der Waals surface area contributed by atoms with Gasteiger partial charge in [-0.05, 0) is 41.8 Å². The third-order valence-electron chi connectivity index (χ3n) is 2.88. The van der Waals surface area contributed by atoms with Crippen molar-refractivity contribution in [3.63, 3.8) is 0 Å². The second-order valence-electron chi connectivity index (χ2n) is 4.22. The summed E-state index contributed by atoms with van der Waals surface area (Å²) in [5.74, 6) is 2.02. The highest BCUT2D eigenvalue weighted by atomic mass is 79.9. The molecule has 1 aliphatic rings. The zero-order valence-electron chi connectivity index (χ0n) is 9.20. The molecule has 0 unspecified atom stereocenters. The minimum atomic E-state index is 0.473. The topological polar surface area (TPSA) is 38.9 Å². The van der Waals surface area contributed by atoms with Crippen LogP contribution in [0.4, 0.5) is 0 Å². The van der Waals surface area contributed by atoms with Gasteiger partial charge in [-0.25, -0.2) is 9.97 Å². The molecular formula is C12H10BrClN2O. The molecule has 0 aromatic carbocycles. The van der Waals surface area contributed by atoms with E-state index in [4.69, 9.17) is 16.0 Å². The highest BCUT2D eigenvalue weighted by Crippen LogP contribution is 2.40. The number of aromatic nitrogens is 2. The van der Waals surface area contributed by atoms with Gasteiger partial charge in [0.25, 0.3) is 0 Å². The predicted molar refractivity (Wildman–Crippen MR) is 69.2 cm³/mol. The van der Waals surface area contributed by atoms with Crippen molar-refractivity contribution in [3.05, 3.63) is 33.3 Å². The van der Waals surface area contributed by atoms with Crippen LogP contribution in [0.15, 0.2) is 21.2 Å². The van der Waals surface area contributed by atoms with E-state index in [0.29, 0.717) is 16.8 Å². The summed E-state index contributed by atoms with van der Waals surface area (Å²) in [7, 11) is 0. The number of halogens is 2. The minimum absolute atomic E-state index is 0.473. The first-order chi connectivity index (χ1) is 8.16. The Kier molecular flexibility index (Phi) is 2.71. The van der Waals surface area contributed by atoms with Crippen molar-refractivity contribution in [2.75, 3.05) is 0 Å². The van der Waals surface area contributed by atoms with Crippen LogP contribution >= 0.6 is 27.5 Å². The molecule has 0 saturated heterocycles. The van der Waals surface area contributed by atoms with Crippen LogP contribution in [0.3, 0.4) is 0 Å². The van der Waals surface area contributed by atoms with Gasteiger partial charge >= 0.3 is 0 Å². The molecule has 0 aliphatic heterocycles. The normalized spacial score (nSPS) is 15.2. The molecule has 1 fully saturated rings. The maximum absolute atomic E-state index is 6.15. The van der Waals surface area contributed by atoms with Crippen molar-refractivity contribution in [1.29, 1.82) is 0 Å². The van der Waals surface area contributed by atoms with Crippen LogP contribution in [0, 0.1) is 6.92 Å². The minimum Gasteiger partial charge on any atom is -0.461 e. The van der Waals surface area contributed by atoms with Crippen LogP contribution in [0.2, 0.25) is 5.15 Å². The molecule has 1 saturated carbocycles. The lowest BCUT2D eigenvalue weighted by Gasteiger charge is -2.07. The van der Waals surface area contributed by atoms with Crippen molar-refractivity contribution in [3.8, 4) is 11.5 Å². The monoisotopic (exact) mass is 312 g/mol. The molecule has 5 heteroatoms. The zero-order valence-corrected chi connectivity index (χ0v) is 11.5. The quantitative estimate of drug-likeness (QED) is 0.774. The van der Waals surface area contributed by atoms with Gasteiger partial charge < -0.3 is 4.42 Å². The van der Waals surface area contributed by atoms with Crippen LogP contribution < -0.4 is 0 Å². The molecule has 0 atom stereocenters. The Morgan fingerprint density at radius 2 is 2.18 bits per heavy atom. The summed E-state index contributed by atoms with van der Waals surface area (Å²) in [6, 6.07) is 1.85. The molecule has 3 nitrogen and oxygen atoms in total. The van der Waals surface area contributed by atoms with Crippen molar-refractivity contribution < 1.29 is 4.42 Å². The summed E-state index contributed by atoms with van der Waals surface area (Å²) in [6.07, 6.45) is 3.93. The second-order valence-corrected chi connectivity index (χ2v) is 5.43. The second kappa shape index (κ2) is 4.10. The van der Waals surface area contributed by atoms with Crippen LogP contribution in [-0.4, -0.2) is 9.97 Å². The molecule has 1 aliphatic carbocycles. The molecule has 2 heterocycles. The number of furan rings is 1. The van der Waals surface area contributed by atoms with Gasteiger partial charge in [-0.15, -0.1) is 0 Å². The molecule has 2 aromatic heterocycles. The van der Waals surface area contributed by atoms with Crippen LogP contribution in [0.5, 0.6) is 0 Å². The van der Waals surface area contributed by atoms with Gasteiger partial charge in [0.2, 0.25) is 0 Å². The largest absolute Gasteiger partial charge is 0.461 e. The fourth-order valence-electron chi connectivity index (χ4n) is 1.71. The van der Waals surface area contributed by atoms with Crippen molar-refractivity contribution in [1.82, 2.24) is 9.97 Å². The van der Waals surface area contributed by atoms with Crippen LogP contribution in [0.1, 0.15) is 30.1 Å². The van der Waals surface area contributed by atoms with Gasteiger partial charge in [-0.2, -0.15) is 0 Å². The average Bonchev–Trinajstić information content (AvgIpc) is 3.06. The summed E-state index contributed by atoms with van der Waals surface area (Å²) in [6.45, 7) is 1.91. The van der Waals surface area contributed by atoms with E-state index in [1.54, 1.807) is 6.26 Å². The summed E-state index contributed by atoms with van der Waals surface area (Å²) >= 11 is 9.59. The molecule has 0 spiro atoms. The van der Waals surface area contributed by atoms with E-state index >= 15 is 0 Å². The Labute approximate surface area is 112 Å². The highest BCUT2D eigenvalue weighted by Gasteiger charge is 2.28. The van der Waals surface area contributed by atoms with Crippen molar-refractivity contribution in [2.24, 2.45) is 0 Å². The standard InChI is InChI=1S/C12H10BrClN2O/c1-6-9(10-8(13)4-5-17-10)15-12(7-2-3-7)16-11(6)14/h4-5,7H,2-3H2,1H3. The van der Waals surface area contributed by atoms with Gasteiger partial charge in [-0.1, -0.05) is 11.6 Å². The Balaban J connectivity index is 2.17. The van der Waals surface area contributed by atoms with E-state index in [0.717, 1.165) is 34.4 Å². The Bertz CT molecular complexity index is 578. The fraction of sp³-hybridized carbons (Fsp3) is 0.333. The molecule has 0 amide bonds. The zero-order chi connectivity index (χ0) is 12.0. The number of rotatable bonds is 2. The lowest BCUT2D eigenvalue weighted by molar-refractivity contribution is 0.577. The van der Waals surface area contributed by atoms with E-state index in [1.807, 2.05) is 13.0 Å². The molecule has 88 valence electrons. The Morgan fingerprint density at radius 1 is 1.41 bits per heavy atom. The van der Waals surface area contributed by atoms with Gasteiger partial charge in [0, 0.05) is 11.5 Å². The molecule has 17 heavy (non-hydrogen) atoms. The molecular weight excluding hydrogens is 304 g/mol. The Hall–Kier alpha value is -0.870. The van der Waals surface area contributed by atoms with Crippen molar-refractivity contribution >= 4 is 27.5 Å². The third kappa shape index (κ3) is 2.00. The third-order valence-corrected chi connectivity index (χ3v) is 3.87. The smallest absolute Gasteiger partial charge is 0.166 e. The van der Waals surface area contributed by atoms with Gasteiger partial charge in [0.05, 0.1) is 10.7 Å². The summed E-state index contributed by atoms with van der Waals surface area (Å²) in [4.78, 5) is 8.91. The summed E-state index contributed by atoms with van der Waals surface area (Å²) < 4.78 is 6.33. The highest BCUT2D eigenvalue weighted by molar-refractivity contribution is 9.10. The molecule has 0 radical (unpaired) electrons. The first-order valence-electron chi connectivity index (χ1n) is 5.44. The van der Waals surface area contributed by atoms with Gasteiger partial charge in [0.1, 0.15) is 16.7 Å².